The number of aryl methyl sites for hydroxylation is 2. The molecular formula is C21H28FN3O4S2. The van der Waals surface area contributed by atoms with E-state index < -0.39 is 25.9 Å². The van der Waals surface area contributed by atoms with Crippen molar-refractivity contribution in [3.8, 4) is 0 Å². The molecule has 170 valence electrons. The molecule has 1 heterocycles. The number of nitrogens with zero attached hydrogens (tertiary/aromatic N) is 2. The first kappa shape index (κ1) is 23.8. The first-order chi connectivity index (χ1) is 14.6. The summed E-state index contributed by atoms with van der Waals surface area (Å²) in [6.07, 6.45) is 0. The van der Waals surface area contributed by atoms with Crippen LogP contribution in [0, 0.1) is 19.7 Å². The van der Waals surface area contributed by atoms with Gasteiger partial charge < -0.3 is 5.32 Å². The number of piperazine rings is 1. The molecule has 1 fully saturated rings. The summed E-state index contributed by atoms with van der Waals surface area (Å²) in [6, 6.07) is 10.7. The number of benzene rings is 2. The molecular weight excluding hydrogens is 441 g/mol. The first-order valence-electron chi connectivity index (χ1n) is 10.1. The number of hydrogen-bond donors (Lipinski definition) is 1. The Labute approximate surface area is 184 Å². The molecule has 0 radical (unpaired) electrons. The summed E-state index contributed by atoms with van der Waals surface area (Å²) in [5.41, 5.74) is 1.95. The Morgan fingerprint density at radius 2 is 1.65 bits per heavy atom. The molecule has 3 rings (SSSR count). The van der Waals surface area contributed by atoms with E-state index in [1.807, 2.05) is 6.07 Å². The molecule has 0 amide bonds. The highest BCUT2D eigenvalue weighted by Crippen LogP contribution is 2.23. The van der Waals surface area contributed by atoms with Gasteiger partial charge in [-0.15, -0.1) is 0 Å². The lowest BCUT2D eigenvalue weighted by atomic mass is 10.2. The number of sulfonamides is 2. The fourth-order valence-electron chi connectivity index (χ4n) is 3.47. The van der Waals surface area contributed by atoms with Crippen LogP contribution in [0.5, 0.6) is 0 Å². The monoisotopic (exact) mass is 469 g/mol. The average Bonchev–Trinajstić information content (AvgIpc) is 2.74. The van der Waals surface area contributed by atoms with Crippen LogP contribution in [0.15, 0.2) is 47.4 Å². The van der Waals surface area contributed by atoms with E-state index in [1.54, 1.807) is 26.0 Å². The fourth-order valence-corrected chi connectivity index (χ4v) is 6.77. The van der Waals surface area contributed by atoms with Crippen molar-refractivity contribution in [2.75, 3.05) is 38.5 Å². The largest absolute Gasteiger partial charge is 0.314 e. The first-order valence-corrected chi connectivity index (χ1v) is 13.1. The second-order valence-electron chi connectivity index (χ2n) is 7.70. The summed E-state index contributed by atoms with van der Waals surface area (Å²) in [7, 11) is -7.58. The van der Waals surface area contributed by atoms with Crippen LogP contribution >= 0.6 is 0 Å². The molecule has 1 aliphatic heterocycles. The number of rotatable bonds is 8. The lowest BCUT2D eigenvalue weighted by Gasteiger charge is -2.28. The Morgan fingerprint density at radius 1 is 1.00 bits per heavy atom. The SMILES string of the molecule is Cc1ccc(C)c(S(=O)(=O)N(CCS(=O)(=O)N2CCNCC2)Cc2ccc(F)cc2)c1. The van der Waals surface area contributed by atoms with Crippen molar-refractivity contribution in [1.82, 2.24) is 13.9 Å². The van der Waals surface area contributed by atoms with E-state index in [1.165, 1.54) is 32.9 Å². The van der Waals surface area contributed by atoms with Crippen LogP contribution in [-0.4, -0.2) is 63.9 Å². The summed E-state index contributed by atoms with van der Waals surface area (Å²) in [6.45, 7) is 5.14. The summed E-state index contributed by atoms with van der Waals surface area (Å²) >= 11 is 0. The lowest BCUT2D eigenvalue weighted by molar-refractivity contribution is 0.355. The van der Waals surface area contributed by atoms with Gasteiger partial charge in [-0.05, 0) is 48.7 Å². The van der Waals surface area contributed by atoms with E-state index in [0.717, 1.165) is 5.56 Å². The molecule has 7 nitrogen and oxygen atoms in total. The molecule has 0 saturated carbocycles. The Morgan fingerprint density at radius 3 is 2.29 bits per heavy atom. The molecule has 0 bridgehead atoms. The van der Waals surface area contributed by atoms with Gasteiger partial charge in [0.25, 0.3) is 0 Å². The molecule has 0 aromatic heterocycles. The van der Waals surface area contributed by atoms with Gasteiger partial charge >= 0.3 is 0 Å². The maximum atomic E-state index is 13.5. The highest BCUT2D eigenvalue weighted by molar-refractivity contribution is 7.90. The third-order valence-electron chi connectivity index (χ3n) is 5.30. The van der Waals surface area contributed by atoms with Crippen LogP contribution in [0.4, 0.5) is 4.39 Å². The van der Waals surface area contributed by atoms with Crippen LogP contribution in [-0.2, 0) is 26.6 Å². The summed E-state index contributed by atoms with van der Waals surface area (Å²) < 4.78 is 68.5. The minimum Gasteiger partial charge on any atom is -0.314 e. The quantitative estimate of drug-likeness (QED) is 0.638. The topological polar surface area (TPSA) is 86.8 Å². The molecule has 1 N–H and O–H groups in total. The maximum absolute atomic E-state index is 13.5. The molecule has 0 aliphatic carbocycles. The van der Waals surface area contributed by atoms with Gasteiger partial charge in [0.05, 0.1) is 10.6 Å². The van der Waals surface area contributed by atoms with Crippen LogP contribution in [0.25, 0.3) is 0 Å². The van der Waals surface area contributed by atoms with Crippen LogP contribution in [0.3, 0.4) is 0 Å². The third kappa shape index (κ3) is 5.89. The minimum absolute atomic E-state index is 0.0485. The van der Waals surface area contributed by atoms with E-state index in [2.05, 4.69) is 5.32 Å². The Hall–Kier alpha value is -1.85. The van der Waals surface area contributed by atoms with Gasteiger partial charge in [0.15, 0.2) is 0 Å². The van der Waals surface area contributed by atoms with Gasteiger partial charge in [0.2, 0.25) is 20.0 Å². The minimum atomic E-state index is -3.97. The number of nitrogens with one attached hydrogen (secondary N) is 1. The van der Waals surface area contributed by atoms with Gasteiger partial charge in [0.1, 0.15) is 5.82 Å². The van der Waals surface area contributed by atoms with Gasteiger partial charge in [-0.25, -0.2) is 21.2 Å². The van der Waals surface area contributed by atoms with E-state index in [0.29, 0.717) is 37.3 Å². The smallest absolute Gasteiger partial charge is 0.243 e. The normalized spacial score (nSPS) is 16.0. The zero-order chi connectivity index (χ0) is 22.6. The standard InChI is InChI=1S/C21H28FN3O4S2/c1-17-3-4-18(2)21(15-17)31(28,29)25(16-19-5-7-20(22)8-6-19)13-14-30(26,27)24-11-9-23-10-12-24/h3-8,15,23H,9-14,16H2,1-2H3. The Kier molecular flexibility index (Phi) is 7.48. The summed E-state index contributed by atoms with van der Waals surface area (Å²) in [5, 5.41) is 3.10. The zero-order valence-electron chi connectivity index (χ0n) is 17.7. The second kappa shape index (κ2) is 9.74. The molecule has 31 heavy (non-hydrogen) atoms. The zero-order valence-corrected chi connectivity index (χ0v) is 19.3. The van der Waals surface area contributed by atoms with Crippen molar-refractivity contribution >= 4 is 20.0 Å². The van der Waals surface area contributed by atoms with E-state index in [4.69, 9.17) is 0 Å². The molecule has 0 unspecified atom stereocenters. The van der Waals surface area contributed by atoms with Crippen LogP contribution in [0.1, 0.15) is 16.7 Å². The Bertz CT molecular complexity index is 1110. The molecule has 2 aromatic rings. The second-order valence-corrected chi connectivity index (χ2v) is 11.7. The van der Waals surface area contributed by atoms with E-state index >= 15 is 0 Å². The van der Waals surface area contributed by atoms with Crippen molar-refractivity contribution in [2.24, 2.45) is 0 Å². The Balaban J connectivity index is 1.90. The fraction of sp³-hybridized carbons (Fsp3) is 0.429. The molecule has 0 atom stereocenters. The molecule has 1 saturated heterocycles. The average molecular weight is 470 g/mol. The van der Waals surface area contributed by atoms with Gasteiger partial charge in [-0.1, -0.05) is 24.3 Å². The van der Waals surface area contributed by atoms with Crippen molar-refractivity contribution in [2.45, 2.75) is 25.3 Å². The number of hydrogen-bond acceptors (Lipinski definition) is 5. The third-order valence-corrected chi connectivity index (χ3v) is 9.14. The van der Waals surface area contributed by atoms with E-state index in [-0.39, 0.29) is 23.7 Å². The van der Waals surface area contributed by atoms with Crippen molar-refractivity contribution in [3.05, 3.63) is 65.0 Å². The highest BCUT2D eigenvalue weighted by atomic mass is 32.2. The molecule has 1 aliphatic rings. The van der Waals surface area contributed by atoms with E-state index in [9.17, 15) is 21.2 Å². The lowest BCUT2D eigenvalue weighted by Crippen LogP contribution is -2.48. The van der Waals surface area contributed by atoms with Crippen molar-refractivity contribution in [1.29, 1.82) is 0 Å². The van der Waals surface area contributed by atoms with Gasteiger partial charge in [0, 0.05) is 39.3 Å². The molecule has 2 aromatic carbocycles. The van der Waals surface area contributed by atoms with Crippen LogP contribution in [0.2, 0.25) is 0 Å². The van der Waals surface area contributed by atoms with Crippen molar-refractivity contribution in [3.63, 3.8) is 0 Å². The van der Waals surface area contributed by atoms with Crippen molar-refractivity contribution < 1.29 is 21.2 Å². The van der Waals surface area contributed by atoms with Gasteiger partial charge in [-0.2, -0.15) is 8.61 Å². The highest BCUT2D eigenvalue weighted by Gasteiger charge is 2.30. The predicted octanol–water partition coefficient (Wildman–Crippen LogP) is 1.87. The predicted molar refractivity (Wildman–Crippen MR) is 118 cm³/mol. The number of halogens is 1. The molecule has 10 heteroatoms. The summed E-state index contributed by atoms with van der Waals surface area (Å²) in [5.74, 6) is -0.743. The maximum Gasteiger partial charge on any atom is 0.243 e. The summed E-state index contributed by atoms with van der Waals surface area (Å²) in [4.78, 5) is 0.147. The molecule has 0 spiro atoms. The van der Waals surface area contributed by atoms with Gasteiger partial charge in [-0.3, -0.25) is 0 Å². The van der Waals surface area contributed by atoms with Crippen LogP contribution < -0.4 is 5.32 Å².